The molecule has 5 nitrogen and oxygen atoms in total. The van der Waals surface area contributed by atoms with Gasteiger partial charge in [0.2, 0.25) is 5.91 Å². The normalized spacial score (nSPS) is 13.3. The maximum atomic E-state index is 11.2. The molecule has 1 aromatic rings. The van der Waals surface area contributed by atoms with Crippen LogP contribution < -0.4 is 9.47 Å². The number of aliphatic hydroxyl groups is 1. The lowest BCUT2D eigenvalue weighted by Crippen LogP contribution is -2.28. The largest absolute Gasteiger partial charge is 0.486 e. The first kappa shape index (κ1) is 11.7. The van der Waals surface area contributed by atoms with E-state index in [9.17, 15) is 4.79 Å². The Morgan fingerprint density at radius 3 is 2.76 bits per heavy atom. The lowest BCUT2D eigenvalue weighted by atomic mass is 10.2. The van der Waals surface area contributed by atoms with Gasteiger partial charge in [-0.15, -0.1) is 0 Å². The average molecular weight is 237 g/mol. The van der Waals surface area contributed by atoms with Crippen molar-refractivity contribution in [2.45, 2.75) is 6.54 Å². The van der Waals surface area contributed by atoms with Gasteiger partial charge in [0.15, 0.2) is 11.5 Å². The van der Waals surface area contributed by atoms with E-state index < -0.39 is 6.61 Å². The zero-order valence-electron chi connectivity index (χ0n) is 9.68. The van der Waals surface area contributed by atoms with Crippen LogP contribution in [0.1, 0.15) is 5.56 Å². The fourth-order valence-electron chi connectivity index (χ4n) is 1.67. The van der Waals surface area contributed by atoms with Gasteiger partial charge in [-0.3, -0.25) is 4.79 Å². The molecule has 0 aliphatic carbocycles. The van der Waals surface area contributed by atoms with Gasteiger partial charge in [0.25, 0.3) is 0 Å². The van der Waals surface area contributed by atoms with E-state index in [1.165, 1.54) is 4.90 Å². The summed E-state index contributed by atoms with van der Waals surface area (Å²) in [5.41, 5.74) is 0.943. The second kappa shape index (κ2) is 5.05. The molecule has 1 aliphatic heterocycles. The van der Waals surface area contributed by atoms with Crippen LogP contribution in [0.4, 0.5) is 0 Å². The molecule has 5 heteroatoms. The van der Waals surface area contributed by atoms with Crippen molar-refractivity contribution in [1.82, 2.24) is 4.90 Å². The van der Waals surface area contributed by atoms with Crippen LogP contribution in [-0.4, -0.2) is 42.8 Å². The van der Waals surface area contributed by atoms with Crippen molar-refractivity contribution < 1.29 is 19.4 Å². The van der Waals surface area contributed by atoms with Crippen molar-refractivity contribution >= 4 is 5.91 Å². The summed E-state index contributed by atoms with van der Waals surface area (Å²) in [6.07, 6.45) is 0. The van der Waals surface area contributed by atoms with Crippen LogP contribution >= 0.6 is 0 Å². The molecule has 1 amide bonds. The molecule has 17 heavy (non-hydrogen) atoms. The number of aliphatic hydroxyl groups excluding tert-OH is 1. The Balaban J connectivity index is 2.09. The molecule has 2 rings (SSSR count). The van der Waals surface area contributed by atoms with Crippen LogP contribution in [-0.2, 0) is 11.3 Å². The standard InChI is InChI=1S/C12H15NO4/c1-13(12(15)8-14)7-9-2-3-10-11(6-9)17-5-4-16-10/h2-3,6,14H,4-5,7-8H2,1H3. The number of rotatable bonds is 3. The minimum absolute atomic E-state index is 0.306. The third-order valence-corrected chi connectivity index (χ3v) is 2.59. The molecule has 0 saturated carbocycles. The van der Waals surface area contributed by atoms with E-state index in [0.717, 1.165) is 11.3 Å². The third kappa shape index (κ3) is 2.68. The summed E-state index contributed by atoms with van der Waals surface area (Å²) in [5.74, 6) is 1.13. The maximum absolute atomic E-state index is 11.2. The molecule has 0 bridgehead atoms. The van der Waals surface area contributed by atoms with Gasteiger partial charge in [-0.2, -0.15) is 0 Å². The Kier molecular flexibility index (Phi) is 3.49. The first-order chi connectivity index (χ1) is 8.20. The van der Waals surface area contributed by atoms with Crippen molar-refractivity contribution in [3.05, 3.63) is 23.8 Å². The zero-order valence-corrected chi connectivity index (χ0v) is 9.68. The van der Waals surface area contributed by atoms with E-state index >= 15 is 0 Å². The Labute approximate surface area is 99.6 Å². The summed E-state index contributed by atoms with van der Waals surface area (Å²) in [4.78, 5) is 12.7. The highest BCUT2D eigenvalue weighted by Crippen LogP contribution is 2.30. The summed E-state index contributed by atoms with van der Waals surface area (Å²) >= 11 is 0. The minimum atomic E-state index is -0.471. The molecule has 0 atom stereocenters. The van der Waals surface area contributed by atoms with Crippen LogP contribution in [0.25, 0.3) is 0 Å². The Morgan fingerprint density at radius 1 is 1.35 bits per heavy atom. The molecule has 1 N–H and O–H groups in total. The number of ether oxygens (including phenoxy) is 2. The molecule has 0 aromatic heterocycles. The molecule has 92 valence electrons. The lowest BCUT2D eigenvalue weighted by molar-refractivity contribution is -0.133. The van der Waals surface area contributed by atoms with Gasteiger partial charge >= 0.3 is 0 Å². The van der Waals surface area contributed by atoms with Gasteiger partial charge in [0.05, 0.1) is 0 Å². The number of fused-ring (bicyclic) bond motifs is 1. The molecule has 0 saturated heterocycles. The fourth-order valence-corrected chi connectivity index (χ4v) is 1.67. The van der Waals surface area contributed by atoms with E-state index in [1.807, 2.05) is 18.2 Å². The zero-order chi connectivity index (χ0) is 12.3. The van der Waals surface area contributed by atoms with E-state index in [4.69, 9.17) is 14.6 Å². The number of likely N-dealkylation sites (N-methyl/N-ethyl adjacent to an activating group) is 1. The molecule has 0 fully saturated rings. The van der Waals surface area contributed by atoms with Crippen LogP contribution in [0.2, 0.25) is 0 Å². The van der Waals surface area contributed by atoms with Gasteiger partial charge in [-0.1, -0.05) is 6.07 Å². The molecular weight excluding hydrogens is 222 g/mol. The quantitative estimate of drug-likeness (QED) is 0.827. The van der Waals surface area contributed by atoms with Gasteiger partial charge in [0.1, 0.15) is 19.8 Å². The van der Waals surface area contributed by atoms with Crippen molar-refractivity contribution in [2.75, 3.05) is 26.9 Å². The van der Waals surface area contributed by atoms with Crippen LogP contribution in [0.5, 0.6) is 11.5 Å². The van der Waals surface area contributed by atoms with Crippen LogP contribution in [0.15, 0.2) is 18.2 Å². The summed E-state index contributed by atoms with van der Waals surface area (Å²) in [6.45, 7) is 1.08. The molecule has 1 aromatic carbocycles. The lowest BCUT2D eigenvalue weighted by Gasteiger charge is -2.20. The highest BCUT2D eigenvalue weighted by atomic mass is 16.6. The molecule has 0 spiro atoms. The molecular formula is C12H15NO4. The smallest absolute Gasteiger partial charge is 0.248 e. The number of benzene rings is 1. The number of carbonyl (C=O) groups excluding carboxylic acids is 1. The molecule has 1 aliphatic rings. The number of amides is 1. The number of carbonyl (C=O) groups is 1. The van der Waals surface area contributed by atoms with Crippen LogP contribution in [0.3, 0.4) is 0 Å². The van der Waals surface area contributed by atoms with E-state index in [0.29, 0.717) is 25.5 Å². The predicted octanol–water partition coefficient (Wildman–Crippen LogP) is 0.408. The average Bonchev–Trinajstić information content (AvgIpc) is 2.37. The summed E-state index contributed by atoms with van der Waals surface area (Å²) < 4.78 is 10.9. The summed E-state index contributed by atoms with van der Waals surface area (Å²) in [7, 11) is 1.65. The van der Waals surface area contributed by atoms with Gasteiger partial charge in [0, 0.05) is 13.6 Å². The fraction of sp³-hybridized carbons (Fsp3) is 0.417. The number of nitrogens with zero attached hydrogens (tertiary/aromatic N) is 1. The van der Waals surface area contributed by atoms with Gasteiger partial charge in [-0.25, -0.2) is 0 Å². The second-order valence-electron chi connectivity index (χ2n) is 3.89. The number of hydrogen-bond acceptors (Lipinski definition) is 4. The van der Waals surface area contributed by atoms with Gasteiger partial charge < -0.3 is 19.5 Å². The molecule has 0 unspecified atom stereocenters. The van der Waals surface area contributed by atoms with E-state index in [2.05, 4.69) is 0 Å². The monoisotopic (exact) mass is 237 g/mol. The maximum Gasteiger partial charge on any atom is 0.248 e. The first-order valence-electron chi connectivity index (χ1n) is 5.44. The van der Waals surface area contributed by atoms with Crippen molar-refractivity contribution in [2.24, 2.45) is 0 Å². The topological polar surface area (TPSA) is 59.0 Å². The minimum Gasteiger partial charge on any atom is -0.486 e. The molecule has 0 radical (unpaired) electrons. The SMILES string of the molecule is CN(Cc1ccc2c(c1)OCCO2)C(=O)CO. The van der Waals surface area contributed by atoms with Gasteiger partial charge in [-0.05, 0) is 17.7 Å². The van der Waals surface area contributed by atoms with E-state index in [1.54, 1.807) is 7.05 Å². The Morgan fingerprint density at radius 2 is 2.06 bits per heavy atom. The summed E-state index contributed by atoms with van der Waals surface area (Å²) in [6, 6.07) is 5.57. The third-order valence-electron chi connectivity index (χ3n) is 2.59. The van der Waals surface area contributed by atoms with Crippen molar-refractivity contribution in [3.8, 4) is 11.5 Å². The highest BCUT2D eigenvalue weighted by molar-refractivity contribution is 5.76. The van der Waals surface area contributed by atoms with Crippen molar-refractivity contribution in [3.63, 3.8) is 0 Å². The highest BCUT2D eigenvalue weighted by Gasteiger charge is 2.13. The Hall–Kier alpha value is -1.75. The first-order valence-corrected chi connectivity index (χ1v) is 5.44. The predicted molar refractivity (Wildman–Crippen MR) is 61.0 cm³/mol. The van der Waals surface area contributed by atoms with E-state index in [-0.39, 0.29) is 5.91 Å². The number of hydrogen-bond donors (Lipinski definition) is 1. The van der Waals surface area contributed by atoms with Crippen molar-refractivity contribution in [1.29, 1.82) is 0 Å². The second-order valence-corrected chi connectivity index (χ2v) is 3.89. The van der Waals surface area contributed by atoms with Crippen LogP contribution in [0, 0.1) is 0 Å². The molecule has 1 heterocycles. The summed E-state index contributed by atoms with van der Waals surface area (Å²) in [5, 5.41) is 8.74. The Bertz CT molecular complexity index is 419.